The van der Waals surface area contributed by atoms with Crippen molar-refractivity contribution in [2.75, 3.05) is 13.2 Å². The van der Waals surface area contributed by atoms with E-state index in [9.17, 15) is 0 Å². The summed E-state index contributed by atoms with van der Waals surface area (Å²) < 4.78 is 0. The van der Waals surface area contributed by atoms with E-state index in [0.717, 1.165) is 0 Å². The van der Waals surface area contributed by atoms with Gasteiger partial charge in [-0.3, -0.25) is 0 Å². The van der Waals surface area contributed by atoms with Crippen molar-refractivity contribution < 1.29 is 5.11 Å². The maximum absolute atomic E-state index is 8.46. The summed E-state index contributed by atoms with van der Waals surface area (Å²) in [5.41, 5.74) is 10.7. The molecule has 0 spiro atoms. The SMILES string of the molecule is C[C@@H](CN)[C@H](N)CO. The third kappa shape index (κ3) is 2.26. The van der Waals surface area contributed by atoms with Crippen molar-refractivity contribution in [3.63, 3.8) is 0 Å². The molecule has 0 bridgehead atoms. The molecule has 0 radical (unpaired) electrons. The minimum absolute atomic E-state index is 0.0262. The van der Waals surface area contributed by atoms with Crippen LogP contribution in [0.15, 0.2) is 0 Å². The lowest BCUT2D eigenvalue weighted by atomic mass is 10.0. The maximum Gasteiger partial charge on any atom is 0.0585 e. The van der Waals surface area contributed by atoms with Gasteiger partial charge in [0.1, 0.15) is 0 Å². The Morgan fingerprint density at radius 2 is 2.12 bits per heavy atom. The molecule has 0 aromatic rings. The van der Waals surface area contributed by atoms with E-state index in [1.165, 1.54) is 0 Å². The molecule has 3 heteroatoms. The van der Waals surface area contributed by atoms with E-state index in [1.807, 2.05) is 6.92 Å². The summed E-state index contributed by atoms with van der Waals surface area (Å²) in [4.78, 5) is 0. The van der Waals surface area contributed by atoms with Crippen molar-refractivity contribution in [2.24, 2.45) is 17.4 Å². The number of aliphatic hydroxyl groups excluding tert-OH is 1. The van der Waals surface area contributed by atoms with Gasteiger partial charge in [0.25, 0.3) is 0 Å². The molecule has 0 aliphatic carbocycles. The third-order valence-electron chi connectivity index (χ3n) is 1.31. The fraction of sp³-hybridized carbons (Fsp3) is 1.00. The number of hydrogen-bond acceptors (Lipinski definition) is 3. The normalized spacial score (nSPS) is 18.0. The number of nitrogens with two attached hydrogens (primary N) is 2. The number of rotatable bonds is 3. The molecule has 0 aliphatic heterocycles. The molecular formula is C5H14N2O. The fourth-order valence-corrected chi connectivity index (χ4v) is 0.355. The van der Waals surface area contributed by atoms with Crippen LogP contribution < -0.4 is 11.5 Å². The van der Waals surface area contributed by atoms with E-state index < -0.39 is 0 Å². The predicted molar refractivity (Wildman–Crippen MR) is 33.3 cm³/mol. The van der Waals surface area contributed by atoms with Crippen LogP contribution in [-0.2, 0) is 0 Å². The van der Waals surface area contributed by atoms with Crippen LogP contribution in [0.5, 0.6) is 0 Å². The second-order valence-corrected chi connectivity index (χ2v) is 2.06. The van der Waals surface area contributed by atoms with Gasteiger partial charge >= 0.3 is 0 Å². The minimum atomic E-state index is -0.153. The quantitative estimate of drug-likeness (QED) is 0.440. The molecule has 0 aliphatic rings. The molecule has 50 valence electrons. The zero-order chi connectivity index (χ0) is 6.57. The first-order valence-corrected chi connectivity index (χ1v) is 2.78. The molecule has 0 amide bonds. The molecule has 0 heterocycles. The van der Waals surface area contributed by atoms with E-state index in [4.69, 9.17) is 16.6 Å². The van der Waals surface area contributed by atoms with Gasteiger partial charge < -0.3 is 16.6 Å². The predicted octanol–water partition coefficient (Wildman–Crippen LogP) is -1.10. The van der Waals surface area contributed by atoms with Gasteiger partial charge in [-0.2, -0.15) is 0 Å². The molecule has 0 aromatic carbocycles. The molecule has 3 nitrogen and oxygen atoms in total. The second kappa shape index (κ2) is 3.83. The molecule has 0 saturated heterocycles. The highest BCUT2D eigenvalue weighted by molar-refractivity contribution is 4.67. The van der Waals surface area contributed by atoms with Crippen LogP contribution in [0.1, 0.15) is 6.92 Å². The van der Waals surface area contributed by atoms with Crippen molar-refractivity contribution in [1.82, 2.24) is 0 Å². The van der Waals surface area contributed by atoms with E-state index in [0.29, 0.717) is 6.54 Å². The average molecular weight is 118 g/mol. The summed E-state index contributed by atoms with van der Waals surface area (Å²) >= 11 is 0. The summed E-state index contributed by atoms with van der Waals surface area (Å²) in [6.45, 7) is 2.49. The van der Waals surface area contributed by atoms with E-state index >= 15 is 0 Å². The van der Waals surface area contributed by atoms with Crippen molar-refractivity contribution >= 4 is 0 Å². The Hall–Kier alpha value is -0.120. The molecule has 0 aromatic heterocycles. The lowest BCUT2D eigenvalue weighted by Gasteiger charge is -2.13. The monoisotopic (exact) mass is 118 g/mol. The average Bonchev–Trinajstić information content (AvgIpc) is 1.84. The zero-order valence-corrected chi connectivity index (χ0v) is 5.17. The highest BCUT2D eigenvalue weighted by atomic mass is 16.3. The van der Waals surface area contributed by atoms with Crippen LogP contribution >= 0.6 is 0 Å². The molecule has 8 heavy (non-hydrogen) atoms. The Bertz CT molecular complexity index is 50.4. The number of aliphatic hydroxyl groups is 1. The lowest BCUT2D eigenvalue weighted by Crippen LogP contribution is -2.35. The van der Waals surface area contributed by atoms with Crippen LogP contribution in [0, 0.1) is 5.92 Å². The van der Waals surface area contributed by atoms with Crippen LogP contribution in [-0.4, -0.2) is 24.3 Å². The van der Waals surface area contributed by atoms with Crippen LogP contribution in [0.25, 0.3) is 0 Å². The molecule has 5 N–H and O–H groups in total. The molecule has 0 fully saturated rings. The Kier molecular flexibility index (Phi) is 3.77. The second-order valence-electron chi connectivity index (χ2n) is 2.06. The van der Waals surface area contributed by atoms with E-state index in [2.05, 4.69) is 0 Å². The summed E-state index contributed by atoms with van der Waals surface area (Å²) in [5.74, 6) is 0.222. The lowest BCUT2D eigenvalue weighted by molar-refractivity contribution is 0.234. The zero-order valence-electron chi connectivity index (χ0n) is 5.17. The van der Waals surface area contributed by atoms with Crippen molar-refractivity contribution in [2.45, 2.75) is 13.0 Å². The Labute approximate surface area is 49.7 Å². The fourth-order valence-electron chi connectivity index (χ4n) is 0.355. The summed E-state index contributed by atoms with van der Waals surface area (Å²) in [7, 11) is 0. The van der Waals surface area contributed by atoms with Gasteiger partial charge in [-0.1, -0.05) is 6.92 Å². The first-order chi connectivity index (χ1) is 3.72. The van der Waals surface area contributed by atoms with Crippen molar-refractivity contribution in [3.05, 3.63) is 0 Å². The Morgan fingerprint density at radius 1 is 1.62 bits per heavy atom. The summed E-state index contributed by atoms with van der Waals surface area (Å²) in [6, 6.07) is -0.153. The van der Waals surface area contributed by atoms with Crippen molar-refractivity contribution in [1.29, 1.82) is 0 Å². The topological polar surface area (TPSA) is 72.3 Å². The largest absolute Gasteiger partial charge is 0.395 e. The van der Waals surface area contributed by atoms with Crippen LogP contribution in [0.3, 0.4) is 0 Å². The van der Waals surface area contributed by atoms with E-state index in [-0.39, 0.29) is 18.6 Å². The minimum Gasteiger partial charge on any atom is -0.395 e. The highest BCUT2D eigenvalue weighted by Gasteiger charge is 2.07. The summed E-state index contributed by atoms with van der Waals surface area (Å²) in [5, 5.41) is 8.46. The first-order valence-electron chi connectivity index (χ1n) is 2.78. The van der Waals surface area contributed by atoms with Gasteiger partial charge in [0.05, 0.1) is 6.61 Å². The molecular weight excluding hydrogens is 104 g/mol. The van der Waals surface area contributed by atoms with Gasteiger partial charge in [-0.05, 0) is 12.5 Å². The van der Waals surface area contributed by atoms with Crippen LogP contribution in [0.4, 0.5) is 0 Å². The molecule has 0 rings (SSSR count). The van der Waals surface area contributed by atoms with Gasteiger partial charge in [-0.15, -0.1) is 0 Å². The number of hydrogen-bond donors (Lipinski definition) is 3. The van der Waals surface area contributed by atoms with Gasteiger partial charge in [0.15, 0.2) is 0 Å². The molecule has 2 atom stereocenters. The van der Waals surface area contributed by atoms with Gasteiger partial charge in [-0.25, -0.2) is 0 Å². The Balaban J connectivity index is 3.29. The maximum atomic E-state index is 8.46. The molecule has 0 unspecified atom stereocenters. The highest BCUT2D eigenvalue weighted by Crippen LogP contribution is 1.94. The van der Waals surface area contributed by atoms with Crippen molar-refractivity contribution in [3.8, 4) is 0 Å². The van der Waals surface area contributed by atoms with Gasteiger partial charge in [0.2, 0.25) is 0 Å². The summed E-state index contributed by atoms with van der Waals surface area (Å²) in [6.07, 6.45) is 0. The smallest absolute Gasteiger partial charge is 0.0585 e. The first kappa shape index (κ1) is 7.88. The molecule has 0 saturated carbocycles. The Morgan fingerprint density at radius 3 is 2.25 bits per heavy atom. The third-order valence-corrected chi connectivity index (χ3v) is 1.31. The van der Waals surface area contributed by atoms with Gasteiger partial charge in [0, 0.05) is 6.04 Å². The van der Waals surface area contributed by atoms with Crippen LogP contribution in [0.2, 0.25) is 0 Å². The standard InChI is InChI=1S/C5H14N2O/c1-4(2-6)5(7)3-8/h4-5,8H,2-3,6-7H2,1H3/t4-,5+/m0/s1. The van der Waals surface area contributed by atoms with E-state index in [1.54, 1.807) is 0 Å².